The summed E-state index contributed by atoms with van der Waals surface area (Å²) >= 11 is 1.20. The Kier molecular flexibility index (Phi) is 4.06. The summed E-state index contributed by atoms with van der Waals surface area (Å²) in [7, 11) is 0. The number of hydrogen-bond acceptors (Lipinski definition) is 5. The molecular formula is C19H14N4O2S. The molecule has 0 saturated heterocycles. The number of nitrogens with one attached hydrogen (secondary N) is 2. The molecule has 0 aliphatic heterocycles. The van der Waals surface area contributed by atoms with Crippen LogP contribution in [0.25, 0.3) is 21.7 Å². The van der Waals surface area contributed by atoms with E-state index in [-0.39, 0.29) is 11.5 Å². The van der Waals surface area contributed by atoms with Crippen LogP contribution in [0.5, 0.6) is 0 Å². The molecule has 0 saturated carbocycles. The highest BCUT2D eigenvalue weighted by Crippen LogP contribution is 2.28. The number of amides is 1. The molecule has 0 aliphatic rings. The molecule has 128 valence electrons. The number of nitrogens with zero attached hydrogens (tertiary/aromatic N) is 2. The number of aromatic nitrogens is 3. The van der Waals surface area contributed by atoms with Crippen molar-refractivity contribution in [1.82, 2.24) is 15.0 Å². The summed E-state index contributed by atoms with van der Waals surface area (Å²) in [5.74, 6) is 0.134. The molecule has 3 aromatic heterocycles. The van der Waals surface area contributed by atoms with Crippen LogP contribution in [0.3, 0.4) is 0 Å². The maximum atomic E-state index is 12.6. The highest BCUT2D eigenvalue weighted by Gasteiger charge is 2.20. The van der Waals surface area contributed by atoms with Crippen molar-refractivity contribution in [2.75, 3.05) is 5.32 Å². The van der Waals surface area contributed by atoms with Gasteiger partial charge in [-0.1, -0.05) is 24.3 Å². The highest BCUT2D eigenvalue weighted by atomic mass is 32.1. The molecule has 6 nitrogen and oxygen atoms in total. The van der Waals surface area contributed by atoms with E-state index < -0.39 is 0 Å². The van der Waals surface area contributed by atoms with Gasteiger partial charge in [-0.25, -0.2) is 4.98 Å². The van der Waals surface area contributed by atoms with Gasteiger partial charge in [0.15, 0.2) is 5.82 Å². The number of pyridine rings is 1. The minimum Gasteiger partial charge on any atom is -0.321 e. The van der Waals surface area contributed by atoms with E-state index in [4.69, 9.17) is 0 Å². The van der Waals surface area contributed by atoms with E-state index in [0.717, 1.165) is 0 Å². The van der Waals surface area contributed by atoms with Crippen molar-refractivity contribution in [2.45, 2.75) is 6.92 Å². The predicted octanol–water partition coefficient (Wildman–Crippen LogP) is 3.61. The molecule has 7 heteroatoms. The molecule has 0 bridgehead atoms. The average molecular weight is 362 g/mol. The van der Waals surface area contributed by atoms with Crippen LogP contribution in [-0.4, -0.2) is 20.9 Å². The Balaban J connectivity index is 1.78. The van der Waals surface area contributed by atoms with Crippen LogP contribution in [0.4, 0.5) is 5.69 Å². The van der Waals surface area contributed by atoms with Gasteiger partial charge < -0.3 is 10.3 Å². The number of aromatic amines is 1. The quantitative estimate of drug-likeness (QED) is 0.583. The third-order valence-corrected chi connectivity index (χ3v) is 5.13. The van der Waals surface area contributed by atoms with Gasteiger partial charge in [-0.3, -0.25) is 14.6 Å². The molecule has 0 unspecified atom stereocenters. The highest BCUT2D eigenvalue weighted by molar-refractivity contribution is 7.20. The number of anilines is 1. The van der Waals surface area contributed by atoms with Crippen molar-refractivity contribution in [3.05, 3.63) is 75.5 Å². The van der Waals surface area contributed by atoms with Crippen molar-refractivity contribution in [3.63, 3.8) is 0 Å². The normalized spacial score (nSPS) is 10.8. The first-order valence-electron chi connectivity index (χ1n) is 7.94. The molecule has 0 fully saturated rings. The number of para-hydroxylation sites is 1. The summed E-state index contributed by atoms with van der Waals surface area (Å²) in [4.78, 5) is 37.6. The van der Waals surface area contributed by atoms with Crippen molar-refractivity contribution < 1.29 is 4.79 Å². The topological polar surface area (TPSA) is 87.7 Å². The van der Waals surface area contributed by atoms with E-state index in [1.54, 1.807) is 25.3 Å². The first-order chi connectivity index (χ1) is 12.6. The summed E-state index contributed by atoms with van der Waals surface area (Å²) < 4.78 is 0. The fraction of sp³-hybridized carbons (Fsp3) is 0.0526. The lowest BCUT2D eigenvalue weighted by atomic mass is 10.2. The fourth-order valence-corrected chi connectivity index (χ4v) is 3.77. The minimum absolute atomic E-state index is 0.254. The Morgan fingerprint density at radius 3 is 2.62 bits per heavy atom. The minimum atomic E-state index is -0.275. The molecule has 1 amide bonds. The van der Waals surface area contributed by atoms with Crippen LogP contribution in [0.15, 0.2) is 59.5 Å². The number of thiophene rings is 1. The predicted molar refractivity (Wildman–Crippen MR) is 103 cm³/mol. The van der Waals surface area contributed by atoms with Gasteiger partial charge in [-0.2, -0.15) is 0 Å². The van der Waals surface area contributed by atoms with Gasteiger partial charge in [0.2, 0.25) is 0 Å². The maximum Gasteiger partial charge on any atom is 0.266 e. The SMILES string of the molecule is Cc1c(C(=O)Nc2ccccc2)sc2nc(-c3ccccn3)[nH]c(=O)c12. The van der Waals surface area contributed by atoms with Crippen molar-refractivity contribution in [2.24, 2.45) is 0 Å². The first-order valence-corrected chi connectivity index (χ1v) is 8.76. The van der Waals surface area contributed by atoms with E-state index >= 15 is 0 Å². The Morgan fingerprint density at radius 2 is 1.88 bits per heavy atom. The maximum absolute atomic E-state index is 12.6. The van der Waals surface area contributed by atoms with Crippen molar-refractivity contribution >= 4 is 33.1 Å². The zero-order chi connectivity index (χ0) is 18.1. The molecule has 1 aromatic carbocycles. The third kappa shape index (κ3) is 2.89. The average Bonchev–Trinajstić information content (AvgIpc) is 3.00. The number of benzene rings is 1. The molecule has 0 spiro atoms. The van der Waals surface area contributed by atoms with Crippen LogP contribution in [0.1, 0.15) is 15.2 Å². The zero-order valence-corrected chi connectivity index (χ0v) is 14.6. The van der Waals surface area contributed by atoms with Gasteiger partial charge >= 0.3 is 0 Å². The van der Waals surface area contributed by atoms with Crippen LogP contribution < -0.4 is 10.9 Å². The van der Waals surface area contributed by atoms with E-state index in [9.17, 15) is 9.59 Å². The van der Waals surface area contributed by atoms with Gasteiger partial charge in [-0.15, -0.1) is 11.3 Å². The number of carbonyl (C=O) groups is 1. The van der Waals surface area contributed by atoms with Gasteiger partial charge in [0.05, 0.1) is 10.3 Å². The third-order valence-electron chi connectivity index (χ3n) is 3.95. The Morgan fingerprint density at radius 1 is 1.12 bits per heavy atom. The second-order valence-corrected chi connectivity index (χ2v) is 6.69. The monoisotopic (exact) mass is 362 g/mol. The number of carbonyl (C=O) groups excluding carboxylic acids is 1. The number of fused-ring (bicyclic) bond motifs is 1. The number of H-pyrrole nitrogens is 1. The summed E-state index contributed by atoms with van der Waals surface area (Å²) in [6.07, 6.45) is 1.64. The standard InChI is InChI=1S/C19H14N4O2S/c1-11-14-17(24)22-16(13-9-5-6-10-20-13)23-19(14)26-15(11)18(25)21-12-7-3-2-4-8-12/h2-10H,1H3,(H,21,25)(H,22,23,24). The molecule has 4 aromatic rings. The molecule has 0 aliphatic carbocycles. The van der Waals surface area contributed by atoms with Gasteiger partial charge in [-0.05, 0) is 36.8 Å². The van der Waals surface area contributed by atoms with E-state index in [1.165, 1.54) is 11.3 Å². The molecule has 4 rings (SSSR count). The fourth-order valence-electron chi connectivity index (χ4n) is 2.69. The van der Waals surface area contributed by atoms with E-state index in [2.05, 4.69) is 20.3 Å². The van der Waals surface area contributed by atoms with E-state index in [0.29, 0.717) is 37.9 Å². The zero-order valence-electron chi connectivity index (χ0n) is 13.8. The molecule has 2 N–H and O–H groups in total. The number of rotatable bonds is 3. The lowest BCUT2D eigenvalue weighted by molar-refractivity contribution is 0.103. The van der Waals surface area contributed by atoms with Crippen LogP contribution in [-0.2, 0) is 0 Å². The smallest absolute Gasteiger partial charge is 0.266 e. The lowest BCUT2D eigenvalue weighted by Crippen LogP contribution is -2.12. The Labute approximate surface area is 152 Å². The molecule has 0 radical (unpaired) electrons. The molecule has 26 heavy (non-hydrogen) atoms. The van der Waals surface area contributed by atoms with Gasteiger partial charge in [0, 0.05) is 11.9 Å². The summed E-state index contributed by atoms with van der Waals surface area (Å²) in [6, 6.07) is 14.6. The van der Waals surface area contributed by atoms with E-state index in [1.807, 2.05) is 36.4 Å². The largest absolute Gasteiger partial charge is 0.321 e. The summed E-state index contributed by atoms with van der Waals surface area (Å²) in [5, 5.41) is 3.28. The number of aryl methyl sites for hydroxylation is 1. The van der Waals surface area contributed by atoms with Gasteiger partial charge in [0.25, 0.3) is 11.5 Å². The summed E-state index contributed by atoms with van der Waals surface area (Å²) in [6.45, 7) is 1.76. The molecular weight excluding hydrogens is 348 g/mol. The van der Waals surface area contributed by atoms with Gasteiger partial charge in [0.1, 0.15) is 10.5 Å². The number of hydrogen-bond donors (Lipinski definition) is 2. The van der Waals surface area contributed by atoms with Crippen molar-refractivity contribution in [1.29, 1.82) is 0 Å². The Hall–Kier alpha value is -3.32. The summed E-state index contributed by atoms with van der Waals surface area (Å²) in [5.41, 5.74) is 1.63. The lowest BCUT2D eigenvalue weighted by Gasteiger charge is -2.03. The molecule has 3 heterocycles. The van der Waals surface area contributed by atoms with Crippen LogP contribution in [0.2, 0.25) is 0 Å². The second-order valence-electron chi connectivity index (χ2n) is 5.69. The second kappa shape index (κ2) is 6.53. The first kappa shape index (κ1) is 16.2. The van der Waals surface area contributed by atoms with Crippen molar-refractivity contribution in [3.8, 4) is 11.5 Å². The van der Waals surface area contributed by atoms with Crippen LogP contribution in [0, 0.1) is 6.92 Å². The molecule has 0 atom stereocenters. The Bertz CT molecular complexity index is 1150. The van der Waals surface area contributed by atoms with Crippen LogP contribution >= 0.6 is 11.3 Å².